The van der Waals surface area contributed by atoms with E-state index in [1.807, 2.05) is 32.3 Å². The van der Waals surface area contributed by atoms with Crippen molar-refractivity contribution >= 4 is 0 Å². The average molecular weight is 359 g/mol. The molecule has 2 nitrogen and oxygen atoms in total. The Hall–Kier alpha value is -1.78. The Morgan fingerprint density at radius 1 is 1.15 bits per heavy atom. The van der Waals surface area contributed by atoms with Crippen molar-refractivity contribution in [2.45, 2.75) is 43.6 Å². The molecule has 0 unspecified atom stereocenters. The van der Waals surface area contributed by atoms with Crippen LogP contribution in [0.4, 0.5) is 8.78 Å². The van der Waals surface area contributed by atoms with Crippen LogP contribution >= 0.6 is 0 Å². The molecule has 2 aromatic rings. The van der Waals surface area contributed by atoms with E-state index in [1.165, 1.54) is 12.1 Å². The molecule has 0 heterocycles. The van der Waals surface area contributed by atoms with E-state index < -0.39 is 17.2 Å². The molecule has 0 spiro atoms. The summed E-state index contributed by atoms with van der Waals surface area (Å²) in [5.74, 6) is -1.54. The Labute approximate surface area is 154 Å². The molecule has 0 radical (unpaired) electrons. The summed E-state index contributed by atoms with van der Waals surface area (Å²) >= 11 is 0. The van der Waals surface area contributed by atoms with E-state index in [0.29, 0.717) is 18.4 Å². The molecule has 0 amide bonds. The topological polar surface area (TPSA) is 23.5 Å². The maximum Gasteiger partial charge on any atom is 0.129 e. The minimum Gasteiger partial charge on any atom is -0.385 e. The second kappa shape index (κ2) is 7.85. The lowest BCUT2D eigenvalue weighted by Gasteiger charge is -2.37. The van der Waals surface area contributed by atoms with Crippen LogP contribution in [0, 0.1) is 11.6 Å². The lowest BCUT2D eigenvalue weighted by Crippen LogP contribution is -2.35. The molecule has 1 aliphatic carbocycles. The number of aryl methyl sites for hydroxylation is 1. The summed E-state index contributed by atoms with van der Waals surface area (Å²) in [4.78, 5) is 2.08. The number of rotatable bonds is 5. The fourth-order valence-electron chi connectivity index (χ4n) is 4.25. The molecule has 3 rings (SSSR count). The fourth-order valence-corrected chi connectivity index (χ4v) is 4.25. The quantitative estimate of drug-likeness (QED) is 0.788. The summed E-state index contributed by atoms with van der Waals surface area (Å²) in [7, 11) is 4.00. The first-order valence-electron chi connectivity index (χ1n) is 9.32. The van der Waals surface area contributed by atoms with E-state index in [1.54, 1.807) is 0 Å². The van der Waals surface area contributed by atoms with Crippen LogP contribution in [0.25, 0.3) is 0 Å². The highest BCUT2D eigenvalue weighted by molar-refractivity contribution is 5.39. The standard InChI is InChI=1S/C22H27F2NO/c1-25(2)14-6-13-22(26)19-9-4-3-7-16(19)8-5-10-20(22)18-12-11-17(23)15-21(18)24/h3-4,7,9,11-12,15,20,26H,5-6,8,10,13-14H2,1-2H3/t20-,22-/m0/s1. The van der Waals surface area contributed by atoms with Crippen molar-refractivity contribution in [3.63, 3.8) is 0 Å². The first-order chi connectivity index (χ1) is 12.4. The predicted molar refractivity (Wildman–Crippen MR) is 100 cm³/mol. The number of hydrogen-bond donors (Lipinski definition) is 1. The Bertz CT molecular complexity index is 762. The molecule has 140 valence electrons. The molecule has 0 saturated heterocycles. The highest BCUT2D eigenvalue weighted by atomic mass is 19.1. The molecule has 0 aliphatic heterocycles. The van der Waals surface area contributed by atoms with Crippen LogP contribution in [0.5, 0.6) is 0 Å². The third-order valence-electron chi connectivity index (χ3n) is 5.50. The summed E-state index contributed by atoms with van der Waals surface area (Å²) in [5, 5.41) is 11.8. The minimum atomic E-state index is -1.15. The molecule has 0 aromatic heterocycles. The van der Waals surface area contributed by atoms with Gasteiger partial charge in [0.05, 0.1) is 5.60 Å². The van der Waals surface area contributed by atoms with Gasteiger partial charge in [0.1, 0.15) is 11.6 Å². The van der Waals surface area contributed by atoms with E-state index in [-0.39, 0.29) is 5.92 Å². The van der Waals surface area contributed by atoms with Crippen molar-refractivity contribution in [2.75, 3.05) is 20.6 Å². The van der Waals surface area contributed by atoms with Crippen LogP contribution in [0.15, 0.2) is 42.5 Å². The van der Waals surface area contributed by atoms with Gasteiger partial charge in [-0.05, 0) is 75.5 Å². The van der Waals surface area contributed by atoms with Gasteiger partial charge in [-0.15, -0.1) is 0 Å². The fraction of sp³-hybridized carbons (Fsp3) is 0.455. The zero-order valence-corrected chi connectivity index (χ0v) is 15.5. The SMILES string of the molecule is CN(C)CCC[C@]1(O)c2ccccc2CCC[C@H]1c1ccc(F)cc1F. The summed E-state index contributed by atoms with van der Waals surface area (Å²) in [5.41, 5.74) is 1.28. The van der Waals surface area contributed by atoms with Gasteiger partial charge in [-0.25, -0.2) is 8.78 Å². The van der Waals surface area contributed by atoms with Crippen molar-refractivity contribution in [3.05, 3.63) is 70.8 Å². The molecular weight excluding hydrogens is 332 g/mol. The van der Waals surface area contributed by atoms with Gasteiger partial charge in [0.15, 0.2) is 0 Å². The van der Waals surface area contributed by atoms with Gasteiger partial charge in [0.2, 0.25) is 0 Å². The molecule has 1 aliphatic rings. The summed E-state index contributed by atoms with van der Waals surface area (Å²) in [6, 6.07) is 11.6. The van der Waals surface area contributed by atoms with Crippen LogP contribution in [0.3, 0.4) is 0 Å². The molecule has 0 bridgehead atoms. The van der Waals surface area contributed by atoms with Gasteiger partial charge < -0.3 is 10.0 Å². The van der Waals surface area contributed by atoms with E-state index in [2.05, 4.69) is 11.0 Å². The van der Waals surface area contributed by atoms with Crippen molar-refractivity contribution in [1.82, 2.24) is 4.90 Å². The molecule has 0 saturated carbocycles. The third-order valence-corrected chi connectivity index (χ3v) is 5.50. The number of aliphatic hydroxyl groups is 1. The van der Waals surface area contributed by atoms with Crippen LogP contribution in [-0.4, -0.2) is 30.6 Å². The predicted octanol–water partition coefficient (Wildman–Crippen LogP) is 4.61. The smallest absolute Gasteiger partial charge is 0.129 e. The summed E-state index contributed by atoms with van der Waals surface area (Å²) in [6.07, 6.45) is 3.76. The molecule has 1 N–H and O–H groups in total. The molecular formula is C22H27F2NO. The second-order valence-corrected chi connectivity index (χ2v) is 7.60. The van der Waals surface area contributed by atoms with Crippen molar-refractivity contribution in [1.29, 1.82) is 0 Å². The maximum absolute atomic E-state index is 14.6. The Kier molecular flexibility index (Phi) is 5.73. The Morgan fingerprint density at radius 2 is 1.92 bits per heavy atom. The van der Waals surface area contributed by atoms with Crippen molar-refractivity contribution < 1.29 is 13.9 Å². The van der Waals surface area contributed by atoms with Crippen LogP contribution in [0.1, 0.15) is 48.3 Å². The van der Waals surface area contributed by atoms with Gasteiger partial charge in [0.25, 0.3) is 0 Å². The largest absolute Gasteiger partial charge is 0.385 e. The highest BCUT2D eigenvalue weighted by Gasteiger charge is 2.42. The average Bonchev–Trinajstić information content (AvgIpc) is 2.72. The van der Waals surface area contributed by atoms with Gasteiger partial charge in [0, 0.05) is 12.0 Å². The van der Waals surface area contributed by atoms with E-state index >= 15 is 0 Å². The highest BCUT2D eigenvalue weighted by Crippen LogP contribution is 2.47. The van der Waals surface area contributed by atoms with Gasteiger partial charge in [-0.1, -0.05) is 30.3 Å². The number of hydrogen-bond acceptors (Lipinski definition) is 2. The van der Waals surface area contributed by atoms with Gasteiger partial charge >= 0.3 is 0 Å². The van der Waals surface area contributed by atoms with Gasteiger partial charge in [-0.3, -0.25) is 0 Å². The number of halogens is 2. The maximum atomic E-state index is 14.6. The number of benzene rings is 2. The van der Waals surface area contributed by atoms with Crippen molar-refractivity contribution in [3.8, 4) is 0 Å². The zero-order valence-electron chi connectivity index (χ0n) is 15.5. The summed E-state index contributed by atoms with van der Waals surface area (Å²) in [6.45, 7) is 0.850. The Morgan fingerprint density at radius 3 is 2.65 bits per heavy atom. The zero-order chi connectivity index (χ0) is 18.7. The first kappa shape index (κ1) is 19.0. The van der Waals surface area contributed by atoms with E-state index in [4.69, 9.17) is 0 Å². The Balaban J connectivity index is 2.05. The molecule has 4 heteroatoms. The second-order valence-electron chi connectivity index (χ2n) is 7.60. The lowest BCUT2D eigenvalue weighted by molar-refractivity contribution is -0.00710. The van der Waals surface area contributed by atoms with Crippen LogP contribution in [0.2, 0.25) is 0 Å². The summed E-state index contributed by atoms with van der Waals surface area (Å²) < 4.78 is 28.0. The lowest BCUT2D eigenvalue weighted by atomic mass is 9.73. The molecule has 26 heavy (non-hydrogen) atoms. The number of nitrogens with zero attached hydrogens (tertiary/aromatic N) is 1. The first-order valence-corrected chi connectivity index (χ1v) is 9.32. The molecule has 2 aromatic carbocycles. The van der Waals surface area contributed by atoms with E-state index in [9.17, 15) is 13.9 Å². The molecule has 2 atom stereocenters. The van der Waals surface area contributed by atoms with Crippen molar-refractivity contribution in [2.24, 2.45) is 0 Å². The third kappa shape index (κ3) is 3.81. The monoisotopic (exact) mass is 359 g/mol. The van der Waals surface area contributed by atoms with Gasteiger partial charge in [-0.2, -0.15) is 0 Å². The normalized spacial score (nSPS) is 22.9. The number of fused-ring (bicyclic) bond motifs is 1. The molecule has 0 fully saturated rings. The minimum absolute atomic E-state index is 0.381. The van der Waals surface area contributed by atoms with Crippen LogP contribution in [-0.2, 0) is 12.0 Å². The van der Waals surface area contributed by atoms with Crippen LogP contribution < -0.4 is 0 Å². The van der Waals surface area contributed by atoms with E-state index in [0.717, 1.165) is 43.0 Å².